The van der Waals surface area contributed by atoms with Gasteiger partial charge in [-0.1, -0.05) is 23.7 Å². The van der Waals surface area contributed by atoms with E-state index in [9.17, 15) is 14.0 Å². The second-order valence-corrected chi connectivity index (χ2v) is 7.04. The smallest absolute Gasteiger partial charge is 0.293 e. The Balaban J connectivity index is 1.86. The third-order valence-electron chi connectivity index (χ3n) is 3.91. The van der Waals surface area contributed by atoms with E-state index in [-0.39, 0.29) is 28.3 Å². The Morgan fingerprint density at radius 3 is 2.63 bits per heavy atom. The van der Waals surface area contributed by atoms with Gasteiger partial charge in [0.1, 0.15) is 12.4 Å². The highest BCUT2D eigenvalue weighted by Gasteiger charge is 2.31. The summed E-state index contributed by atoms with van der Waals surface area (Å²) >= 11 is 6.89. The number of rotatable bonds is 5. The number of likely N-dealkylation sites (N-methyl/N-ethyl adjacent to an activating group) is 1. The molecule has 0 atom stereocenters. The summed E-state index contributed by atoms with van der Waals surface area (Å²) in [6.45, 7) is -0.0865. The van der Waals surface area contributed by atoms with Crippen molar-refractivity contribution >= 4 is 40.6 Å². The van der Waals surface area contributed by atoms with Gasteiger partial charge in [-0.3, -0.25) is 14.5 Å². The number of methoxy groups -OCH3 is 1. The Morgan fingerprint density at radius 1 is 1.22 bits per heavy atom. The largest absolute Gasteiger partial charge is 0.493 e. The van der Waals surface area contributed by atoms with Crippen molar-refractivity contribution in [2.75, 3.05) is 14.2 Å². The van der Waals surface area contributed by atoms with Crippen molar-refractivity contribution in [2.45, 2.75) is 6.61 Å². The third-order valence-corrected chi connectivity index (χ3v) is 5.22. The number of halogens is 2. The molecule has 140 valence electrons. The van der Waals surface area contributed by atoms with Crippen LogP contribution in [0.15, 0.2) is 41.3 Å². The van der Waals surface area contributed by atoms with Crippen molar-refractivity contribution in [3.05, 3.63) is 63.3 Å². The van der Waals surface area contributed by atoms with Gasteiger partial charge in [0.15, 0.2) is 11.5 Å². The van der Waals surface area contributed by atoms with Gasteiger partial charge < -0.3 is 9.47 Å². The van der Waals surface area contributed by atoms with Crippen molar-refractivity contribution in [3.8, 4) is 11.5 Å². The van der Waals surface area contributed by atoms with Gasteiger partial charge in [0.25, 0.3) is 11.1 Å². The number of hydrogen-bond donors (Lipinski definition) is 0. The number of carbonyl (C=O) groups excluding carboxylic acids is 2. The maximum Gasteiger partial charge on any atom is 0.293 e. The van der Waals surface area contributed by atoms with Crippen molar-refractivity contribution in [2.24, 2.45) is 0 Å². The summed E-state index contributed by atoms with van der Waals surface area (Å²) in [6, 6.07) is 9.45. The zero-order chi connectivity index (χ0) is 19.6. The molecule has 0 unspecified atom stereocenters. The molecule has 0 aliphatic carbocycles. The van der Waals surface area contributed by atoms with E-state index in [4.69, 9.17) is 21.1 Å². The Hall–Kier alpha value is -2.51. The summed E-state index contributed by atoms with van der Waals surface area (Å²) in [5, 5.41) is -0.0628. The molecule has 1 heterocycles. The van der Waals surface area contributed by atoms with Crippen LogP contribution in [0.1, 0.15) is 11.1 Å². The molecule has 0 aromatic heterocycles. The summed E-state index contributed by atoms with van der Waals surface area (Å²) in [6.07, 6.45) is 1.59. The second kappa shape index (κ2) is 8.02. The SMILES string of the molecule is COc1ccc(/C=C2/SC(=O)N(C)C2=O)cc1OCc1c(F)cccc1Cl. The number of nitrogens with zero attached hydrogens (tertiary/aromatic N) is 1. The molecule has 0 N–H and O–H groups in total. The predicted octanol–water partition coefficient (Wildman–Crippen LogP) is 4.73. The highest BCUT2D eigenvalue weighted by Crippen LogP contribution is 2.34. The Kier molecular flexibility index (Phi) is 5.72. The molecule has 3 rings (SSSR count). The van der Waals surface area contributed by atoms with E-state index in [0.717, 1.165) is 16.7 Å². The zero-order valence-corrected chi connectivity index (χ0v) is 16.1. The summed E-state index contributed by atoms with van der Waals surface area (Å²) in [4.78, 5) is 25.0. The van der Waals surface area contributed by atoms with Crippen LogP contribution in [0.3, 0.4) is 0 Å². The number of ether oxygens (including phenoxy) is 2. The van der Waals surface area contributed by atoms with E-state index in [1.54, 1.807) is 30.3 Å². The van der Waals surface area contributed by atoms with Crippen LogP contribution < -0.4 is 9.47 Å². The topological polar surface area (TPSA) is 55.8 Å². The van der Waals surface area contributed by atoms with Gasteiger partial charge in [-0.05, 0) is 47.7 Å². The number of carbonyl (C=O) groups is 2. The monoisotopic (exact) mass is 407 g/mol. The van der Waals surface area contributed by atoms with Crippen LogP contribution in [0.5, 0.6) is 11.5 Å². The number of amides is 2. The highest BCUT2D eigenvalue weighted by atomic mass is 35.5. The van der Waals surface area contributed by atoms with Gasteiger partial charge in [0.2, 0.25) is 0 Å². The molecule has 1 aliphatic heterocycles. The van der Waals surface area contributed by atoms with Crippen molar-refractivity contribution < 1.29 is 23.5 Å². The molecule has 2 aromatic carbocycles. The zero-order valence-electron chi connectivity index (χ0n) is 14.5. The minimum absolute atomic E-state index is 0.0865. The van der Waals surface area contributed by atoms with Crippen molar-refractivity contribution in [3.63, 3.8) is 0 Å². The van der Waals surface area contributed by atoms with Crippen LogP contribution >= 0.6 is 23.4 Å². The minimum Gasteiger partial charge on any atom is -0.493 e. The van der Waals surface area contributed by atoms with Crippen LogP contribution in [0, 0.1) is 5.82 Å². The molecule has 1 aliphatic rings. The summed E-state index contributed by atoms with van der Waals surface area (Å²) in [7, 11) is 2.92. The number of thioether (sulfide) groups is 1. The lowest BCUT2D eigenvalue weighted by Crippen LogP contribution is -2.22. The van der Waals surface area contributed by atoms with Gasteiger partial charge in [0, 0.05) is 12.6 Å². The molecule has 27 heavy (non-hydrogen) atoms. The van der Waals surface area contributed by atoms with E-state index in [0.29, 0.717) is 22.0 Å². The molecule has 0 bridgehead atoms. The quantitative estimate of drug-likeness (QED) is 0.670. The predicted molar refractivity (Wildman–Crippen MR) is 102 cm³/mol. The van der Waals surface area contributed by atoms with E-state index in [1.807, 2.05) is 0 Å². The normalized spacial score (nSPS) is 15.6. The first-order chi connectivity index (χ1) is 12.9. The molecular formula is C19H15ClFNO4S. The molecule has 1 saturated heterocycles. The van der Waals surface area contributed by atoms with Gasteiger partial charge in [0.05, 0.1) is 17.0 Å². The Labute approximate surface area is 164 Å². The lowest BCUT2D eigenvalue weighted by atomic mass is 10.1. The lowest BCUT2D eigenvalue weighted by Gasteiger charge is -2.13. The van der Waals surface area contributed by atoms with Crippen LogP contribution in [0.25, 0.3) is 6.08 Å². The lowest BCUT2D eigenvalue weighted by molar-refractivity contribution is -0.121. The van der Waals surface area contributed by atoms with Gasteiger partial charge >= 0.3 is 0 Å². The molecule has 0 radical (unpaired) electrons. The van der Waals surface area contributed by atoms with Crippen molar-refractivity contribution in [1.82, 2.24) is 4.90 Å². The Bertz CT molecular complexity index is 927. The first-order valence-electron chi connectivity index (χ1n) is 7.86. The summed E-state index contributed by atoms with van der Waals surface area (Å²) in [5.41, 5.74) is 0.878. The molecule has 0 saturated carbocycles. The molecule has 5 nitrogen and oxygen atoms in total. The molecule has 2 aromatic rings. The van der Waals surface area contributed by atoms with E-state index < -0.39 is 5.82 Å². The second-order valence-electron chi connectivity index (χ2n) is 5.64. The average molecular weight is 408 g/mol. The van der Waals surface area contributed by atoms with Crippen LogP contribution in [0.2, 0.25) is 5.02 Å². The van der Waals surface area contributed by atoms with Crippen molar-refractivity contribution in [1.29, 1.82) is 0 Å². The molecule has 0 spiro atoms. The van der Waals surface area contributed by atoms with Gasteiger partial charge in [-0.25, -0.2) is 4.39 Å². The average Bonchev–Trinajstić information content (AvgIpc) is 2.88. The van der Waals surface area contributed by atoms with E-state index in [2.05, 4.69) is 0 Å². The maximum atomic E-state index is 13.9. The third kappa shape index (κ3) is 4.09. The molecule has 2 amide bonds. The number of benzene rings is 2. The molecular weight excluding hydrogens is 393 g/mol. The maximum absolute atomic E-state index is 13.9. The number of hydrogen-bond acceptors (Lipinski definition) is 5. The summed E-state index contributed by atoms with van der Waals surface area (Å²) in [5.74, 6) is -0.0137. The highest BCUT2D eigenvalue weighted by molar-refractivity contribution is 8.18. The fourth-order valence-corrected chi connectivity index (χ4v) is 3.46. The first-order valence-corrected chi connectivity index (χ1v) is 9.05. The molecule has 1 fully saturated rings. The molecule has 8 heteroatoms. The Morgan fingerprint density at radius 2 is 2.00 bits per heavy atom. The standard InChI is InChI=1S/C19H15ClFNO4S/c1-22-18(23)17(27-19(22)24)9-11-6-7-15(25-2)16(8-11)26-10-12-13(20)4-3-5-14(12)21/h3-9H,10H2,1-2H3/b17-9+. The summed E-state index contributed by atoms with van der Waals surface area (Å²) < 4.78 is 24.9. The van der Waals surface area contributed by atoms with Gasteiger partial charge in [-0.15, -0.1) is 0 Å². The fraction of sp³-hybridized carbons (Fsp3) is 0.158. The van der Waals surface area contributed by atoms with E-state index in [1.165, 1.54) is 26.3 Å². The van der Waals surface area contributed by atoms with Crippen LogP contribution in [0.4, 0.5) is 9.18 Å². The van der Waals surface area contributed by atoms with E-state index >= 15 is 0 Å². The van der Waals surface area contributed by atoms with Crippen LogP contribution in [-0.4, -0.2) is 30.2 Å². The van der Waals surface area contributed by atoms with Gasteiger partial charge in [-0.2, -0.15) is 0 Å². The first kappa shape index (κ1) is 19.3. The fourth-order valence-electron chi connectivity index (χ4n) is 2.41. The minimum atomic E-state index is -0.464. The van der Waals surface area contributed by atoms with Crippen LogP contribution in [-0.2, 0) is 11.4 Å². The number of imide groups is 1.